The minimum absolute atomic E-state index is 0.0505. The maximum atomic E-state index is 7.16. The van der Waals surface area contributed by atoms with Crippen LogP contribution in [0, 0.1) is 20.8 Å². The van der Waals surface area contributed by atoms with Crippen LogP contribution < -0.4 is 0 Å². The monoisotopic (exact) mass is 710 g/mol. The summed E-state index contributed by atoms with van der Waals surface area (Å²) < 4.78 is 7.16. The fraction of sp³-hybridized carbons (Fsp3) is 0.222. The largest absolute Gasteiger partial charge is 0.456 e. The number of furan rings is 1. The van der Waals surface area contributed by atoms with Crippen molar-refractivity contribution in [3.63, 3.8) is 0 Å². The number of fused-ring (bicyclic) bond motifs is 13. The maximum absolute atomic E-state index is 7.16. The normalized spacial score (nSPS) is 16.2. The molecule has 0 saturated heterocycles. The number of hydrogen-bond acceptors (Lipinski definition) is 1. The van der Waals surface area contributed by atoms with Crippen LogP contribution in [0.5, 0.6) is 0 Å². The smallest absolute Gasteiger partial charge is 0.138 e. The zero-order valence-corrected chi connectivity index (χ0v) is 33.4. The van der Waals surface area contributed by atoms with E-state index in [9.17, 15) is 0 Å². The molecule has 0 bridgehead atoms. The minimum Gasteiger partial charge on any atom is -0.456 e. The van der Waals surface area contributed by atoms with Crippen LogP contribution in [0.2, 0.25) is 0 Å². The van der Waals surface area contributed by atoms with Crippen LogP contribution in [0.15, 0.2) is 120 Å². The van der Waals surface area contributed by atoms with Crippen LogP contribution >= 0.6 is 0 Å². The first-order chi connectivity index (χ1) is 26.3. The fourth-order valence-electron chi connectivity index (χ4n) is 11.0. The first-order valence-electron chi connectivity index (χ1n) is 19.9. The number of hydrogen-bond donors (Lipinski definition) is 0. The number of aryl methyl sites for hydroxylation is 1. The second-order valence-corrected chi connectivity index (χ2v) is 18.2. The fourth-order valence-corrected chi connectivity index (χ4v) is 11.0. The average Bonchev–Trinajstić information content (AvgIpc) is 3.77. The Hall–Kier alpha value is -5.66. The lowest BCUT2D eigenvalue weighted by molar-refractivity contribution is 0.593. The Bertz CT molecular complexity index is 3030. The predicted molar refractivity (Wildman–Crippen MR) is 231 cm³/mol. The van der Waals surface area contributed by atoms with Crippen LogP contribution in [-0.4, -0.2) is 0 Å². The highest BCUT2D eigenvalue weighted by atomic mass is 16.3. The van der Waals surface area contributed by atoms with E-state index in [4.69, 9.17) is 4.42 Å². The van der Waals surface area contributed by atoms with Crippen LogP contribution in [0.25, 0.3) is 77.6 Å². The standard InChI is InChI=1S/C54H46O/c1-29-24-46-48(36-19-12-10-16-33(29)36)38-23-22-32(25-43(38)53(46,6)7)50-30(2)31(3)51(55-50)40-27-47-49(37-20-13-11-17-34(37)40)41-28-44-39(26-45(41)54(47,8)9)35-18-14-15-21-42(35)52(44,4)5/h10-28H,1-9H3. The molecule has 0 saturated carbocycles. The van der Waals surface area contributed by atoms with Gasteiger partial charge >= 0.3 is 0 Å². The van der Waals surface area contributed by atoms with Crippen molar-refractivity contribution in [2.75, 3.05) is 0 Å². The quantitative estimate of drug-likeness (QED) is 0.174. The summed E-state index contributed by atoms with van der Waals surface area (Å²) in [5, 5.41) is 5.21. The van der Waals surface area contributed by atoms with Crippen LogP contribution in [0.3, 0.4) is 0 Å². The molecular weight excluding hydrogens is 665 g/mol. The van der Waals surface area contributed by atoms with Crippen molar-refractivity contribution >= 4 is 21.5 Å². The number of benzene rings is 7. The van der Waals surface area contributed by atoms with Crippen molar-refractivity contribution in [3.8, 4) is 56.0 Å². The van der Waals surface area contributed by atoms with Crippen molar-refractivity contribution in [1.82, 2.24) is 0 Å². The summed E-state index contributed by atoms with van der Waals surface area (Å²) in [6, 6.07) is 43.8. The third kappa shape index (κ3) is 4.04. The average molecular weight is 711 g/mol. The molecule has 268 valence electrons. The van der Waals surface area contributed by atoms with Gasteiger partial charge in [-0.1, -0.05) is 133 Å². The van der Waals surface area contributed by atoms with Crippen LogP contribution in [0.1, 0.15) is 91.6 Å². The minimum atomic E-state index is -0.179. The summed E-state index contributed by atoms with van der Waals surface area (Å²) >= 11 is 0. The SMILES string of the molecule is Cc1c(-c2ccc3c(c2)C(C)(C)c2cc(C)c4ccccc4c2-3)oc(-c2cc3c(c4ccccc24)-c2cc4c(cc2C3(C)C)-c2ccccc2C4(C)C)c1C. The Morgan fingerprint density at radius 1 is 0.364 bits per heavy atom. The zero-order valence-electron chi connectivity index (χ0n) is 33.4. The van der Waals surface area contributed by atoms with E-state index in [1.165, 1.54) is 111 Å². The van der Waals surface area contributed by atoms with Gasteiger partial charge in [0.25, 0.3) is 0 Å². The van der Waals surface area contributed by atoms with E-state index in [0.29, 0.717) is 0 Å². The molecular formula is C54H46O. The van der Waals surface area contributed by atoms with E-state index < -0.39 is 0 Å². The first-order valence-corrected chi connectivity index (χ1v) is 19.9. The second-order valence-electron chi connectivity index (χ2n) is 18.2. The maximum Gasteiger partial charge on any atom is 0.138 e. The van der Waals surface area contributed by atoms with Gasteiger partial charge in [-0.15, -0.1) is 0 Å². The first kappa shape index (κ1) is 32.7. The van der Waals surface area contributed by atoms with Crippen LogP contribution in [0.4, 0.5) is 0 Å². The van der Waals surface area contributed by atoms with E-state index in [1.54, 1.807) is 0 Å². The molecule has 1 aromatic heterocycles. The highest BCUT2D eigenvalue weighted by Gasteiger charge is 2.43. The molecule has 3 aliphatic rings. The van der Waals surface area contributed by atoms with Crippen molar-refractivity contribution in [2.24, 2.45) is 0 Å². The molecule has 11 rings (SSSR count). The second kappa shape index (κ2) is 10.5. The van der Waals surface area contributed by atoms with Crippen molar-refractivity contribution < 1.29 is 4.42 Å². The summed E-state index contributed by atoms with van der Waals surface area (Å²) in [5.74, 6) is 1.94. The predicted octanol–water partition coefficient (Wildman–Crippen LogP) is 14.8. The van der Waals surface area contributed by atoms with E-state index in [2.05, 4.69) is 178 Å². The van der Waals surface area contributed by atoms with E-state index in [1.807, 2.05) is 0 Å². The molecule has 0 radical (unpaired) electrons. The Morgan fingerprint density at radius 2 is 0.873 bits per heavy atom. The highest BCUT2D eigenvalue weighted by molar-refractivity contribution is 6.10. The summed E-state index contributed by atoms with van der Waals surface area (Å²) in [4.78, 5) is 0. The molecule has 0 amide bonds. The molecule has 1 heterocycles. The Kier molecular flexibility index (Phi) is 6.28. The van der Waals surface area contributed by atoms with Gasteiger partial charge in [-0.2, -0.15) is 0 Å². The molecule has 1 nitrogen and oxygen atoms in total. The Morgan fingerprint density at radius 3 is 1.62 bits per heavy atom. The molecule has 3 aliphatic carbocycles. The molecule has 0 aliphatic heterocycles. The summed E-state index contributed by atoms with van der Waals surface area (Å²) in [6.45, 7) is 21.1. The topological polar surface area (TPSA) is 13.1 Å². The van der Waals surface area contributed by atoms with Gasteiger partial charge in [-0.25, -0.2) is 0 Å². The van der Waals surface area contributed by atoms with Gasteiger partial charge in [0.2, 0.25) is 0 Å². The van der Waals surface area contributed by atoms with Gasteiger partial charge in [-0.3, -0.25) is 0 Å². The lowest BCUT2D eigenvalue weighted by Gasteiger charge is -2.24. The third-order valence-electron chi connectivity index (χ3n) is 14.2. The third-order valence-corrected chi connectivity index (χ3v) is 14.2. The Labute approximate surface area is 324 Å². The summed E-state index contributed by atoms with van der Waals surface area (Å²) in [7, 11) is 0. The van der Waals surface area contributed by atoms with Gasteiger partial charge in [0.15, 0.2) is 0 Å². The zero-order chi connectivity index (χ0) is 37.9. The van der Waals surface area contributed by atoms with E-state index in [-0.39, 0.29) is 16.2 Å². The molecule has 7 aromatic carbocycles. The van der Waals surface area contributed by atoms with Crippen molar-refractivity contribution in [2.45, 2.75) is 78.6 Å². The van der Waals surface area contributed by atoms with Crippen molar-refractivity contribution in [3.05, 3.63) is 165 Å². The molecule has 0 atom stereocenters. The van der Waals surface area contributed by atoms with E-state index >= 15 is 0 Å². The molecule has 1 heteroatoms. The lowest BCUT2D eigenvalue weighted by Crippen LogP contribution is -2.17. The summed E-state index contributed by atoms with van der Waals surface area (Å²) in [5.41, 5.74) is 22.4. The Balaban J connectivity index is 1.08. The molecule has 0 spiro atoms. The molecule has 8 aromatic rings. The van der Waals surface area contributed by atoms with Gasteiger partial charge in [-0.05, 0) is 150 Å². The lowest BCUT2D eigenvalue weighted by atomic mass is 9.79. The van der Waals surface area contributed by atoms with Gasteiger partial charge in [0.1, 0.15) is 11.5 Å². The van der Waals surface area contributed by atoms with E-state index in [0.717, 1.165) is 17.1 Å². The number of rotatable bonds is 2. The van der Waals surface area contributed by atoms with Gasteiger partial charge in [0.05, 0.1) is 0 Å². The van der Waals surface area contributed by atoms with Gasteiger partial charge < -0.3 is 4.42 Å². The molecule has 0 unspecified atom stereocenters. The highest BCUT2D eigenvalue weighted by Crippen LogP contribution is 2.59. The van der Waals surface area contributed by atoms with Gasteiger partial charge in [0, 0.05) is 27.4 Å². The molecule has 55 heavy (non-hydrogen) atoms. The summed E-state index contributed by atoms with van der Waals surface area (Å²) in [6.07, 6.45) is 0. The van der Waals surface area contributed by atoms with Crippen LogP contribution in [-0.2, 0) is 16.2 Å². The molecule has 0 fully saturated rings. The molecule has 0 N–H and O–H groups in total. The van der Waals surface area contributed by atoms with Crippen molar-refractivity contribution in [1.29, 1.82) is 0 Å².